The quantitative estimate of drug-likeness (QED) is 0.296. The van der Waals surface area contributed by atoms with E-state index in [-0.39, 0.29) is 36.2 Å². The molecule has 0 atom stereocenters. The summed E-state index contributed by atoms with van der Waals surface area (Å²) in [7, 11) is 2.69. The minimum absolute atomic E-state index is 0.0126. The van der Waals surface area contributed by atoms with Gasteiger partial charge in [-0.2, -0.15) is 0 Å². The molecule has 2 aromatic carbocycles. The average molecular weight is 480 g/mol. The standard InChI is InChI=1S/C25H21FN2O7/c1-32-20-8-4-6-16(22(20)34-14-15-5-3-7-17(26)11-15)12-19-23(29)28(25(31)27-19)13-18-9-10-21(35-18)24(30)33-2/h3-12H,13-14H2,1-2H3,(H,27,31). The van der Waals surface area contributed by atoms with Gasteiger partial charge < -0.3 is 23.9 Å². The van der Waals surface area contributed by atoms with Crippen LogP contribution < -0.4 is 14.8 Å². The van der Waals surface area contributed by atoms with Crippen molar-refractivity contribution in [3.8, 4) is 11.5 Å². The van der Waals surface area contributed by atoms with E-state index in [9.17, 15) is 18.8 Å². The van der Waals surface area contributed by atoms with Gasteiger partial charge in [0.2, 0.25) is 5.76 Å². The van der Waals surface area contributed by atoms with Gasteiger partial charge in [0.1, 0.15) is 23.9 Å². The molecule has 35 heavy (non-hydrogen) atoms. The number of furan rings is 1. The van der Waals surface area contributed by atoms with Gasteiger partial charge in [-0.1, -0.05) is 24.3 Å². The van der Waals surface area contributed by atoms with Crippen LogP contribution >= 0.6 is 0 Å². The number of rotatable bonds is 8. The molecule has 0 bridgehead atoms. The number of esters is 1. The number of imide groups is 1. The number of nitrogens with one attached hydrogen (secondary N) is 1. The number of para-hydroxylation sites is 1. The van der Waals surface area contributed by atoms with E-state index in [4.69, 9.17) is 13.9 Å². The minimum Gasteiger partial charge on any atom is -0.493 e. The Morgan fingerprint density at radius 1 is 1.11 bits per heavy atom. The van der Waals surface area contributed by atoms with E-state index in [0.717, 1.165) is 4.90 Å². The Labute approximate surface area is 199 Å². The molecule has 0 aliphatic carbocycles. The first kappa shape index (κ1) is 23.6. The van der Waals surface area contributed by atoms with Gasteiger partial charge in [-0.25, -0.2) is 14.0 Å². The Balaban J connectivity index is 1.56. The largest absolute Gasteiger partial charge is 0.493 e. The molecule has 1 fully saturated rings. The lowest BCUT2D eigenvalue weighted by atomic mass is 10.1. The van der Waals surface area contributed by atoms with E-state index in [1.165, 1.54) is 44.6 Å². The normalized spacial score (nSPS) is 14.3. The monoisotopic (exact) mass is 480 g/mol. The van der Waals surface area contributed by atoms with Gasteiger partial charge in [0.05, 0.1) is 20.8 Å². The zero-order valence-electron chi connectivity index (χ0n) is 18.9. The van der Waals surface area contributed by atoms with E-state index in [2.05, 4.69) is 10.1 Å². The molecule has 180 valence electrons. The van der Waals surface area contributed by atoms with Gasteiger partial charge in [-0.15, -0.1) is 0 Å². The van der Waals surface area contributed by atoms with E-state index >= 15 is 0 Å². The molecule has 10 heteroatoms. The van der Waals surface area contributed by atoms with Gasteiger partial charge >= 0.3 is 12.0 Å². The zero-order chi connectivity index (χ0) is 24.9. The summed E-state index contributed by atoms with van der Waals surface area (Å²) in [5, 5.41) is 2.53. The fraction of sp³-hybridized carbons (Fsp3) is 0.160. The van der Waals surface area contributed by atoms with E-state index in [1.807, 2.05) is 0 Å². The maximum absolute atomic E-state index is 13.5. The average Bonchev–Trinajstić information content (AvgIpc) is 3.43. The molecular formula is C25H21FN2O7. The van der Waals surface area contributed by atoms with Gasteiger partial charge in [0.25, 0.3) is 5.91 Å². The Morgan fingerprint density at radius 3 is 2.66 bits per heavy atom. The highest BCUT2D eigenvalue weighted by Gasteiger charge is 2.34. The maximum atomic E-state index is 13.5. The van der Waals surface area contributed by atoms with Crippen molar-refractivity contribution in [2.75, 3.05) is 14.2 Å². The SMILES string of the molecule is COC(=O)c1ccc(CN2C(=O)NC(=Cc3cccc(OC)c3OCc3cccc(F)c3)C2=O)o1. The van der Waals surface area contributed by atoms with Gasteiger partial charge in [-0.3, -0.25) is 9.69 Å². The molecule has 4 rings (SSSR count). The number of urea groups is 1. The van der Waals surface area contributed by atoms with Gasteiger partial charge in [0, 0.05) is 5.56 Å². The highest BCUT2D eigenvalue weighted by Crippen LogP contribution is 2.34. The number of hydrogen-bond acceptors (Lipinski definition) is 7. The van der Waals surface area contributed by atoms with Crippen molar-refractivity contribution >= 4 is 24.0 Å². The molecule has 1 aliphatic heterocycles. The molecule has 9 nitrogen and oxygen atoms in total. The summed E-state index contributed by atoms with van der Waals surface area (Å²) in [6.07, 6.45) is 1.46. The number of ether oxygens (including phenoxy) is 3. The number of carbonyl (C=O) groups is 3. The Morgan fingerprint density at radius 2 is 1.91 bits per heavy atom. The van der Waals surface area contributed by atoms with Crippen LogP contribution in [0.3, 0.4) is 0 Å². The third kappa shape index (κ3) is 5.16. The molecule has 2 heterocycles. The van der Waals surface area contributed by atoms with Crippen LogP contribution in [-0.4, -0.2) is 37.0 Å². The van der Waals surface area contributed by atoms with E-state index in [0.29, 0.717) is 22.6 Å². The minimum atomic E-state index is -0.669. The topological polar surface area (TPSA) is 107 Å². The van der Waals surface area contributed by atoms with Crippen molar-refractivity contribution in [2.45, 2.75) is 13.2 Å². The summed E-state index contributed by atoms with van der Waals surface area (Å²) in [5.74, 6) is -0.736. The molecule has 0 unspecified atom stereocenters. The summed E-state index contributed by atoms with van der Waals surface area (Å²) < 4.78 is 34.7. The summed E-state index contributed by atoms with van der Waals surface area (Å²) in [6, 6.07) is 13.3. The highest BCUT2D eigenvalue weighted by molar-refractivity contribution is 6.14. The second kappa shape index (κ2) is 10.1. The van der Waals surface area contributed by atoms with Crippen molar-refractivity contribution < 1.29 is 37.4 Å². The first-order valence-corrected chi connectivity index (χ1v) is 10.5. The van der Waals surface area contributed by atoms with Crippen molar-refractivity contribution in [3.05, 3.63) is 88.8 Å². The van der Waals surface area contributed by atoms with Crippen LogP contribution in [-0.2, 0) is 22.7 Å². The van der Waals surface area contributed by atoms with Crippen LogP contribution in [0.5, 0.6) is 11.5 Å². The molecule has 0 saturated carbocycles. The summed E-state index contributed by atoms with van der Waals surface area (Å²) in [6.45, 7) is -0.123. The Hall–Kier alpha value is -4.60. The number of carbonyl (C=O) groups excluding carboxylic acids is 3. The van der Waals surface area contributed by atoms with Gasteiger partial charge in [0.15, 0.2) is 11.5 Å². The van der Waals surface area contributed by atoms with Crippen LogP contribution in [0.25, 0.3) is 6.08 Å². The smallest absolute Gasteiger partial charge is 0.373 e. The lowest BCUT2D eigenvalue weighted by Crippen LogP contribution is -2.30. The molecule has 3 aromatic rings. The second-order valence-electron chi connectivity index (χ2n) is 7.43. The number of hydrogen-bond donors (Lipinski definition) is 1. The first-order valence-electron chi connectivity index (χ1n) is 10.5. The van der Waals surface area contributed by atoms with Crippen molar-refractivity contribution in [1.82, 2.24) is 10.2 Å². The molecule has 0 radical (unpaired) electrons. The lowest BCUT2D eigenvalue weighted by molar-refractivity contribution is -0.123. The van der Waals surface area contributed by atoms with Gasteiger partial charge in [-0.05, 0) is 42.0 Å². The molecule has 1 aromatic heterocycles. The highest BCUT2D eigenvalue weighted by atomic mass is 19.1. The van der Waals surface area contributed by atoms with Crippen LogP contribution in [0.1, 0.15) is 27.4 Å². The van der Waals surface area contributed by atoms with Crippen LogP contribution in [0.2, 0.25) is 0 Å². The number of benzene rings is 2. The van der Waals surface area contributed by atoms with Crippen LogP contribution in [0.15, 0.2) is 64.7 Å². The number of methoxy groups -OCH3 is 2. The van der Waals surface area contributed by atoms with Crippen molar-refractivity contribution in [1.29, 1.82) is 0 Å². The Kier molecular flexibility index (Phi) is 6.81. The predicted octanol–water partition coefficient (Wildman–Crippen LogP) is 3.89. The third-order valence-corrected chi connectivity index (χ3v) is 5.13. The lowest BCUT2D eigenvalue weighted by Gasteiger charge is -2.14. The summed E-state index contributed by atoms with van der Waals surface area (Å²) in [4.78, 5) is 37.9. The molecule has 1 saturated heterocycles. The second-order valence-corrected chi connectivity index (χ2v) is 7.43. The summed E-state index contributed by atoms with van der Waals surface area (Å²) >= 11 is 0. The van der Waals surface area contributed by atoms with Crippen LogP contribution in [0, 0.1) is 5.82 Å². The molecule has 0 spiro atoms. The molecule has 1 aliphatic rings. The fourth-order valence-electron chi connectivity index (χ4n) is 3.44. The predicted molar refractivity (Wildman–Crippen MR) is 121 cm³/mol. The zero-order valence-corrected chi connectivity index (χ0v) is 18.9. The molecular weight excluding hydrogens is 459 g/mol. The number of amides is 3. The number of nitrogens with zero attached hydrogens (tertiary/aromatic N) is 1. The van der Waals surface area contributed by atoms with Crippen molar-refractivity contribution in [3.63, 3.8) is 0 Å². The third-order valence-electron chi connectivity index (χ3n) is 5.13. The maximum Gasteiger partial charge on any atom is 0.373 e. The van der Waals surface area contributed by atoms with E-state index in [1.54, 1.807) is 30.3 Å². The van der Waals surface area contributed by atoms with Crippen molar-refractivity contribution in [2.24, 2.45) is 0 Å². The fourth-order valence-corrected chi connectivity index (χ4v) is 3.44. The molecule has 3 amide bonds. The van der Waals surface area contributed by atoms with E-state index < -0.39 is 17.9 Å². The first-order chi connectivity index (χ1) is 16.9. The summed E-state index contributed by atoms with van der Waals surface area (Å²) in [5.41, 5.74) is 1.09. The van der Waals surface area contributed by atoms with Crippen LogP contribution in [0.4, 0.5) is 9.18 Å². The molecule has 1 N–H and O–H groups in total. The number of halogens is 1. The Bertz CT molecular complexity index is 1310.